The maximum Gasteiger partial charge on any atom is 0.306 e. The van der Waals surface area contributed by atoms with E-state index < -0.39 is 5.97 Å². The van der Waals surface area contributed by atoms with Crippen LogP contribution in [0.25, 0.3) is 0 Å². The van der Waals surface area contributed by atoms with Gasteiger partial charge in [0, 0.05) is 0 Å². The number of carbonyl (C=O) groups is 1. The van der Waals surface area contributed by atoms with Gasteiger partial charge in [0.15, 0.2) is 0 Å². The Kier molecular flexibility index (Phi) is 1.24. The first-order valence-electron chi connectivity index (χ1n) is 2.98. The average Bonchev–Trinajstić information content (AvgIpc) is 2.42. The van der Waals surface area contributed by atoms with E-state index in [2.05, 4.69) is 0 Å². The van der Waals surface area contributed by atoms with E-state index in [9.17, 15) is 4.79 Å². The Morgan fingerprint density at radius 1 is 1.88 bits per heavy atom. The summed E-state index contributed by atoms with van der Waals surface area (Å²) < 4.78 is 0. The molecule has 1 saturated carbocycles. The predicted octanol–water partition coefficient (Wildman–Crippen LogP) is 1.12. The van der Waals surface area contributed by atoms with E-state index in [0.29, 0.717) is 5.92 Å². The predicted molar refractivity (Wildman–Crippen MR) is 29.5 cm³/mol. The van der Waals surface area contributed by atoms with Crippen LogP contribution < -0.4 is 0 Å². The van der Waals surface area contributed by atoms with Gasteiger partial charge in [0.2, 0.25) is 0 Å². The molecule has 2 heteroatoms. The first-order valence-corrected chi connectivity index (χ1v) is 2.98. The van der Waals surface area contributed by atoms with Gasteiger partial charge in [0.1, 0.15) is 0 Å². The highest BCUT2D eigenvalue weighted by Crippen LogP contribution is 2.40. The minimum Gasteiger partial charge on any atom is -0.481 e. The Labute approximate surface area is 48.5 Å². The smallest absolute Gasteiger partial charge is 0.306 e. The summed E-state index contributed by atoms with van der Waals surface area (Å²) >= 11 is 0. The summed E-state index contributed by atoms with van der Waals surface area (Å²) in [5.74, 6) is -0.121. The van der Waals surface area contributed by atoms with Crippen LogP contribution in [-0.4, -0.2) is 11.1 Å². The Balaban J connectivity index is 2.26. The van der Waals surface area contributed by atoms with Crippen LogP contribution in [0, 0.1) is 11.8 Å². The molecule has 0 bridgehead atoms. The van der Waals surface area contributed by atoms with Gasteiger partial charge in [-0.3, -0.25) is 4.79 Å². The van der Waals surface area contributed by atoms with Crippen LogP contribution in [-0.2, 0) is 4.79 Å². The normalized spacial score (nSPS) is 34.6. The summed E-state index contributed by atoms with van der Waals surface area (Å²) in [4.78, 5) is 10.1. The molecule has 0 aromatic carbocycles. The van der Waals surface area contributed by atoms with Gasteiger partial charge in [-0.2, -0.15) is 0 Å². The van der Waals surface area contributed by atoms with E-state index >= 15 is 0 Å². The zero-order chi connectivity index (χ0) is 6.15. The number of rotatable bonds is 2. The highest BCUT2D eigenvalue weighted by molar-refractivity contribution is 5.73. The van der Waals surface area contributed by atoms with E-state index in [-0.39, 0.29) is 5.92 Å². The van der Waals surface area contributed by atoms with Crippen molar-refractivity contribution in [1.29, 1.82) is 0 Å². The van der Waals surface area contributed by atoms with Crippen LogP contribution in [0.5, 0.6) is 0 Å². The minimum absolute atomic E-state index is 0.000000000000000222. The van der Waals surface area contributed by atoms with E-state index in [4.69, 9.17) is 5.11 Å². The monoisotopic (exact) mass is 114 g/mol. The third-order valence-electron chi connectivity index (χ3n) is 1.76. The lowest BCUT2D eigenvalue weighted by Gasteiger charge is -1.84. The Bertz CT molecular complexity index is 109. The van der Waals surface area contributed by atoms with Crippen molar-refractivity contribution in [3.05, 3.63) is 0 Å². The Morgan fingerprint density at radius 3 is 2.62 bits per heavy atom. The maximum absolute atomic E-state index is 10.1. The van der Waals surface area contributed by atoms with E-state index in [0.717, 1.165) is 12.8 Å². The highest BCUT2D eigenvalue weighted by atomic mass is 16.4. The Hall–Kier alpha value is -0.530. The minimum atomic E-state index is -0.614. The van der Waals surface area contributed by atoms with E-state index in [1.54, 1.807) is 0 Å². The molecular formula is C6H10O2. The van der Waals surface area contributed by atoms with Crippen molar-refractivity contribution in [3.8, 4) is 0 Å². The molecule has 0 saturated heterocycles. The van der Waals surface area contributed by atoms with E-state index in [1.165, 1.54) is 0 Å². The molecule has 2 nitrogen and oxygen atoms in total. The molecule has 0 aromatic rings. The molecule has 1 aliphatic rings. The lowest BCUT2D eigenvalue weighted by Crippen LogP contribution is -1.98. The van der Waals surface area contributed by atoms with Crippen molar-refractivity contribution in [2.24, 2.45) is 11.8 Å². The topological polar surface area (TPSA) is 37.3 Å². The molecular weight excluding hydrogens is 104 g/mol. The van der Waals surface area contributed by atoms with Gasteiger partial charge < -0.3 is 5.11 Å². The molecule has 8 heavy (non-hydrogen) atoms. The van der Waals surface area contributed by atoms with Crippen molar-refractivity contribution >= 4 is 5.97 Å². The quantitative estimate of drug-likeness (QED) is 0.584. The summed E-state index contributed by atoms with van der Waals surface area (Å²) in [6.45, 7) is 2.04. The summed E-state index contributed by atoms with van der Waals surface area (Å²) in [5.41, 5.74) is 0. The van der Waals surface area contributed by atoms with Crippen molar-refractivity contribution in [2.45, 2.75) is 19.8 Å². The number of aliphatic carboxylic acids is 1. The van der Waals surface area contributed by atoms with Gasteiger partial charge in [-0.05, 0) is 12.3 Å². The molecule has 1 rings (SSSR count). The molecule has 46 valence electrons. The second kappa shape index (κ2) is 1.77. The van der Waals surface area contributed by atoms with Gasteiger partial charge in [0.25, 0.3) is 0 Å². The molecule has 2 unspecified atom stereocenters. The molecule has 1 fully saturated rings. The fourth-order valence-corrected chi connectivity index (χ4v) is 1.00. The maximum atomic E-state index is 10.1. The zero-order valence-corrected chi connectivity index (χ0v) is 4.92. The molecule has 0 amide bonds. The number of carboxylic acid groups (broad SMARTS) is 1. The van der Waals surface area contributed by atoms with Gasteiger partial charge in [-0.1, -0.05) is 13.3 Å². The first kappa shape index (κ1) is 5.60. The zero-order valence-electron chi connectivity index (χ0n) is 4.92. The Morgan fingerprint density at radius 2 is 2.50 bits per heavy atom. The van der Waals surface area contributed by atoms with Crippen molar-refractivity contribution in [3.63, 3.8) is 0 Å². The van der Waals surface area contributed by atoms with Gasteiger partial charge in [-0.25, -0.2) is 0 Å². The molecule has 0 radical (unpaired) electrons. The lowest BCUT2D eigenvalue weighted by molar-refractivity contribution is -0.138. The molecule has 0 heterocycles. The average molecular weight is 114 g/mol. The van der Waals surface area contributed by atoms with Crippen molar-refractivity contribution < 1.29 is 9.90 Å². The largest absolute Gasteiger partial charge is 0.481 e. The third-order valence-corrected chi connectivity index (χ3v) is 1.76. The fraction of sp³-hybridized carbons (Fsp3) is 0.833. The number of carboxylic acids is 1. The first-order chi connectivity index (χ1) is 3.75. The second-order valence-corrected chi connectivity index (χ2v) is 2.35. The van der Waals surface area contributed by atoms with Crippen molar-refractivity contribution in [1.82, 2.24) is 0 Å². The summed E-state index contributed by atoms with van der Waals surface area (Å²) in [5, 5.41) is 8.35. The molecule has 0 spiro atoms. The van der Waals surface area contributed by atoms with Gasteiger partial charge in [0.05, 0.1) is 5.92 Å². The number of hydrogen-bond acceptors (Lipinski definition) is 1. The second-order valence-electron chi connectivity index (χ2n) is 2.35. The molecule has 1 aliphatic carbocycles. The standard InChI is InChI=1S/C6H10O2/c1-2-4-3-5(4)6(7)8/h4-5H,2-3H2,1H3,(H,7,8). The molecule has 0 aromatic heterocycles. The van der Waals surface area contributed by atoms with Crippen LogP contribution >= 0.6 is 0 Å². The molecule has 0 aliphatic heterocycles. The van der Waals surface area contributed by atoms with Gasteiger partial charge >= 0.3 is 5.97 Å². The van der Waals surface area contributed by atoms with Crippen LogP contribution in [0.2, 0.25) is 0 Å². The highest BCUT2D eigenvalue weighted by Gasteiger charge is 2.41. The SMILES string of the molecule is CCC1CC1C(=O)O. The lowest BCUT2D eigenvalue weighted by atomic mass is 10.3. The van der Waals surface area contributed by atoms with E-state index in [1.807, 2.05) is 6.92 Å². The fourth-order valence-electron chi connectivity index (χ4n) is 1.00. The summed E-state index contributed by atoms with van der Waals surface area (Å²) in [6.07, 6.45) is 1.93. The van der Waals surface area contributed by atoms with Crippen LogP contribution in [0.3, 0.4) is 0 Å². The third kappa shape index (κ3) is 0.831. The molecule has 2 atom stereocenters. The number of hydrogen-bond donors (Lipinski definition) is 1. The van der Waals surface area contributed by atoms with Crippen LogP contribution in [0.15, 0.2) is 0 Å². The van der Waals surface area contributed by atoms with Gasteiger partial charge in [-0.15, -0.1) is 0 Å². The summed E-state index contributed by atoms with van der Waals surface area (Å²) in [7, 11) is 0. The van der Waals surface area contributed by atoms with Crippen molar-refractivity contribution in [2.75, 3.05) is 0 Å². The summed E-state index contributed by atoms with van der Waals surface area (Å²) in [6, 6.07) is 0. The molecule has 1 N–H and O–H groups in total. The van der Waals surface area contributed by atoms with Crippen LogP contribution in [0.1, 0.15) is 19.8 Å². The van der Waals surface area contributed by atoms with Crippen LogP contribution in [0.4, 0.5) is 0 Å².